The van der Waals surface area contributed by atoms with Crippen LogP contribution in [0.15, 0.2) is 24.3 Å². The molecule has 7 heteroatoms. The molecule has 2 aliphatic carbocycles. The number of hydrogen-bond acceptors (Lipinski definition) is 4. The maximum atomic E-state index is 14.8. The summed E-state index contributed by atoms with van der Waals surface area (Å²) in [5, 5.41) is 10.0. The molecule has 1 N–H and O–H groups in total. The summed E-state index contributed by atoms with van der Waals surface area (Å²) in [4.78, 5) is 12.5. The lowest BCUT2D eigenvalue weighted by Gasteiger charge is -2.37. The summed E-state index contributed by atoms with van der Waals surface area (Å²) in [5.74, 6) is -1.64. The van der Waals surface area contributed by atoms with E-state index in [0.717, 1.165) is 43.4 Å². The first kappa shape index (κ1) is 31.4. The molecular weight excluding hydrogens is 529 g/mol. The fourth-order valence-corrected chi connectivity index (χ4v) is 6.84. The van der Waals surface area contributed by atoms with Crippen molar-refractivity contribution in [2.24, 2.45) is 17.8 Å². The van der Waals surface area contributed by atoms with Gasteiger partial charge in [-0.3, -0.25) is 4.79 Å². The normalized spacial score (nSPS) is 23.0. The molecule has 0 bridgehead atoms. The third-order valence-corrected chi connectivity index (χ3v) is 9.22. The Kier molecular flexibility index (Phi) is 11.5. The van der Waals surface area contributed by atoms with Crippen LogP contribution in [0.1, 0.15) is 112 Å². The lowest BCUT2D eigenvalue weighted by Crippen LogP contribution is -2.28. The van der Waals surface area contributed by atoms with E-state index < -0.39 is 29.0 Å². The minimum atomic E-state index is -0.985. The quantitative estimate of drug-likeness (QED) is 0.243. The van der Waals surface area contributed by atoms with Gasteiger partial charge in [0.15, 0.2) is 28.9 Å². The summed E-state index contributed by atoms with van der Waals surface area (Å²) in [6.07, 6.45) is 12.8. The zero-order chi connectivity index (χ0) is 29.4. The van der Waals surface area contributed by atoms with Crippen LogP contribution in [0, 0.1) is 35.2 Å². The SMILES string of the molecule is CCCC1CCC(C2CCC(OCc3ccc(CCCC(=O)c4ccc(OCC)c(F)c4O)c(F)c3F)CC2)CC1. The maximum absolute atomic E-state index is 14.8. The van der Waals surface area contributed by atoms with Crippen LogP contribution in [0.25, 0.3) is 0 Å². The number of Topliss-reactive ketones (excluding diaryl/α,β-unsaturated/α-hetero) is 1. The van der Waals surface area contributed by atoms with Gasteiger partial charge in [0.05, 0.1) is 24.9 Å². The molecular formula is C34H45F3O4. The Hall–Kier alpha value is -2.54. The lowest BCUT2D eigenvalue weighted by molar-refractivity contribution is -0.00403. The van der Waals surface area contributed by atoms with Crippen LogP contribution in [0.5, 0.6) is 11.5 Å². The molecule has 4 rings (SSSR count). The average molecular weight is 575 g/mol. The van der Waals surface area contributed by atoms with E-state index in [9.17, 15) is 23.1 Å². The molecule has 0 unspecified atom stereocenters. The molecule has 0 aromatic heterocycles. The Morgan fingerprint density at radius 1 is 0.854 bits per heavy atom. The van der Waals surface area contributed by atoms with Gasteiger partial charge in [0, 0.05) is 12.0 Å². The topological polar surface area (TPSA) is 55.8 Å². The molecule has 2 saturated carbocycles. The van der Waals surface area contributed by atoms with Crippen molar-refractivity contribution in [3.63, 3.8) is 0 Å². The second-order valence-electron chi connectivity index (χ2n) is 11.9. The van der Waals surface area contributed by atoms with Gasteiger partial charge in [0.1, 0.15) is 0 Å². The minimum absolute atomic E-state index is 0.0432. The van der Waals surface area contributed by atoms with Gasteiger partial charge in [0.2, 0.25) is 5.82 Å². The Labute approximate surface area is 242 Å². The summed E-state index contributed by atoms with van der Waals surface area (Å²) in [6.45, 7) is 4.22. The number of benzene rings is 2. The fourth-order valence-electron chi connectivity index (χ4n) is 6.84. The first-order chi connectivity index (χ1) is 19.8. The fraction of sp³-hybridized carbons (Fsp3) is 0.618. The van der Waals surface area contributed by atoms with Gasteiger partial charge in [0.25, 0.3) is 0 Å². The van der Waals surface area contributed by atoms with E-state index in [4.69, 9.17) is 9.47 Å². The number of ether oxygens (including phenoxy) is 2. The number of phenols is 1. The Balaban J connectivity index is 1.21. The first-order valence-corrected chi connectivity index (χ1v) is 15.6. The van der Waals surface area contributed by atoms with Crippen molar-refractivity contribution in [1.82, 2.24) is 0 Å². The average Bonchev–Trinajstić information content (AvgIpc) is 2.98. The van der Waals surface area contributed by atoms with Crippen LogP contribution in [0.3, 0.4) is 0 Å². The molecule has 0 amide bonds. The molecule has 0 atom stereocenters. The van der Waals surface area contributed by atoms with Crippen LogP contribution in [-0.2, 0) is 17.8 Å². The molecule has 4 nitrogen and oxygen atoms in total. The van der Waals surface area contributed by atoms with Crippen molar-refractivity contribution < 1.29 is 32.5 Å². The highest BCUT2D eigenvalue weighted by molar-refractivity contribution is 5.98. The van der Waals surface area contributed by atoms with Crippen molar-refractivity contribution in [2.75, 3.05) is 6.61 Å². The highest BCUT2D eigenvalue weighted by atomic mass is 19.2. The molecule has 2 aliphatic rings. The summed E-state index contributed by atoms with van der Waals surface area (Å²) < 4.78 is 55.0. The van der Waals surface area contributed by atoms with Crippen LogP contribution in [0.4, 0.5) is 13.2 Å². The van der Waals surface area contributed by atoms with E-state index in [1.54, 1.807) is 19.1 Å². The summed E-state index contributed by atoms with van der Waals surface area (Å²) in [5.41, 5.74) is 0.224. The molecule has 0 heterocycles. The molecule has 0 aliphatic heterocycles. The van der Waals surface area contributed by atoms with E-state index in [-0.39, 0.29) is 61.0 Å². The number of rotatable bonds is 13. The van der Waals surface area contributed by atoms with E-state index in [1.165, 1.54) is 50.7 Å². The van der Waals surface area contributed by atoms with Crippen LogP contribution < -0.4 is 4.74 Å². The summed E-state index contributed by atoms with van der Waals surface area (Å²) >= 11 is 0. The smallest absolute Gasteiger partial charge is 0.207 e. The molecule has 41 heavy (non-hydrogen) atoms. The number of carbonyl (C=O) groups is 1. The zero-order valence-corrected chi connectivity index (χ0v) is 24.5. The summed E-state index contributed by atoms with van der Waals surface area (Å²) in [7, 11) is 0. The predicted octanol–water partition coefficient (Wildman–Crippen LogP) is 9.10. The minimum Gasteiger partial charge on any atom is -0.504 e. The predicted molar refractivity (Wildman–Crippen MR) is 154 cm³/mol. The Morgan fingerprint density at radius 3 is 2.15 bits per heavy atom. The van der Waals surface area contributed by atoms with Crippen LogP contribution in [-0.4, -0.2) is 23.6 Å². The number of phenolic OH excluding ortho intramolecular Hbond substituents is 1. The number of ketones is 1. The van der Waals surface area contributed by atoms with Gasteiger partial charge < -0.3 is 14.6 Å². The second kappa shape index (κ2) is 15.1. The second-order valence-corrected chi connectivity index (χ2v) is 11.9. The third-order valence-electron chi connectivity index (χ3n) is 9.22. The Morgan fingerprint density at radius 2 is 1.49 bits per heavy atom. The number of carbonyl (C=O) groups excluding carboxylic acids is 1. The first-order valence-electron chi connectivity index (χ1n) is 15.6. The van der Waals surface area contributed by atoms with Crippen molar-refractivity contribution in [3.8, 4) is 11.5 Å². The van der Waals surface area contributed by atoms with Gasteiger partial charge in [-0.05, 0) is 93.7 Å². The highest BCUT2D eigenvalue weighted by Gasteiger charge is 2.31. The van der Waals surface area contributed by atoms with Gasteiger partial charge in [-0.1, -0.05) is 44.7 Å². The van der Waals surface area contributed by atoms with Crippen molar-refractivity contribution in [1.29, 1.82) is 0 Å². The van der Waals surface area contributed by atoms with Gasteiger partial charge in [-0.2, -0.15) is 4.39 Å². The molecule has 226 valence electrons. The van der Waals surface area contributed by atoms with Gasteiger partial charge in [-0.25, -0.2) is 8.78 Å². The van der Waals surface area contributed by atoms with Crippen molar-refractivity contribution in [3.05, 3.63) is 58.4 Å². The number of aryl methyl sites for hydroxylation is 1. The highest BCUT2D eigenvalue weighted by Crippen LogP contribution is 2.41. The van der Waals surface area contributed by atoms with Gasteiger partial charge >= 0.3 is 0 Å². The zero-order valence-electron chi connectivity index (χ0n) is 24.5. The van der Waals surface area contributed by atoms with Crippen LogP contribution >= 0.6 is 0 Å². The number of hydrogen-bond donors (Lipinski definition) is 1. The lowest BCUT2D eigenvalue weighted by atomic mass is 9.70. The number of halogens is 3. The van der Waals surface area contributed by atoms with Gasteiger partial charge in [-0.15, -0.1) is 0 Å². The van der Waals surface area contributed by atoms with Crippen molar-refractivity contribution >= 4 is 5.78 Å². The molecule has 0 spiro atoms. The van der Waals surface area contributed by atoms with E-state index in [0.29, 0.717) is 0 Å². The molecule has 2 aromatic carbocycles. The van der Waals surface area contributed by atoms with E-state index in [2.05, 4.69) is 6.92 Å². The largest absolute Gasteiger partial charge is 0.504 e. The molecule has 2 aromatic rings. The molecule has 2 fully saturated rings. The molecule has 0 radical (unpaired) electrons. The summed E-state index contributed by atoms with van der Waals surface area (Å²) in [6, 6.07) is 5.71. The van der Waals surface area contributed by atoms with E-state index >= 15 is 0 Å². The number of aromatic hydroxyl groups is 1. The van der Waals surface area contributed by atoms with E-state index in [1.807, 2.05) is 0 Å². The monoisotopic (exact) mass is 574 g/mol. The standard InChI is InChI=1S/C34H45F3O4/c1-3-6-22-9-11-23(12-10-22)24-15-17-27(18-16-24)41-21-26-14-13-25(31(35)32(26)36)7-5-8-29(38)28-19-20-30(40-4-2)33(37)34(28)39/h13-14,19-20,22-24,27,39H,3-12,15-18,21H2,1-2H3. The Bertz CT molecular complexity index is 1150. The maximum Gasteiger partial charge on any atom is 0.207 e. The van der Waals surface area contributed by atoms with Crippen LogP contribution in [0.2, 0.25) is 0 Å². The third kappa shape index (κ3) is 8.06. The van der Waals surface area contributed by atoms with Crippen molar-refractivity contribution in [2.45, 2.75) is 110 Å². The molecule has 0 saturated heterocycles.